The van der Waals surface area contributed by atoms with Crippen molar-refractivity contribution < 1.29 is 12.6 Å². The number of pyridine rings is 1. The molecule has 128 valence electrons. The molecular weight excluding hydrogens is 421 g/mol. The van der Waals surface area contributed by atoms with Crippen LogP contribution in [0.3, 0.4) is 0 Å². The minimum absolute atomic E-state index is 0.317. The van der Waals surface area contributed by atoms with Crippen molar-refractivity contribution in [1.82, 2.24) is 9.88 Å². The number of ether oxygens (including phenoxy) is 1. The lowest BCUT2D eigenvalue weighted by Crippen LogP contribution is -2.40. The monoisotopic (exact) mass is 441 g/mol. The number of fused-ring (bicyclic) bond motifs is 1. The van der Waals surface area contributed by atoms with Gasteiger partial charge in [0.25, 0.3) is 0 Å². The fourth-order valence-electron chi connectivity index (χ4n) is 2.98. The van der Waals surface area contributed by atoms with E-state index in [-0.39, 0.29) is 6.09 Å². The average molecular weight is 441 g/mol. The molecule has 1 aromatic rings. The molecule has 1 fully saturated rings. The fourth-order valence-corrected chi connectivity index (χ4v) is 3.30. The van der Waals surface area contributed by atoms with E-state index in [1.807, 2.05) is 20.8 Å². The summed E-state index contributed by atoms with van der Waals surface area (Å²) in [6.07, 6.45) is 2.49. The third-order valence-electron chi connectivity index (χ3n) is 4.19. The Bertz CT molecular complexity index is 717. The molecule has 0 atom stereocenters. The highest BCUT2D eigenvalue weighted by molar-refractivity contribution is 14.1. The molecule has 3 rings (SSSR count). The molecule has 2 heterocycles. The first-order valence-corrected chi connectivity index (χ1v) is 8.94. The normalized spacial score (nSPS) is 17.0. The Labute approximate surface area is 155 Å². The Kier molecular flexibility index (Phi) is 4.60. The number of nitrogens with zero attached hydrogens (tertiary/aromatic N) is 3. The molecule has 0 bridgehead atoms. The van der Waals surface area contributed by atoms with E-state index in [0.29, 0.717) is 36.9 Å². The Morgan fingerprint density at radius 1 is 1.38 bits per heavy atom. The van der Waals surface area contributed by atoms with E-state index >= 15 is 0 Å². The summed E-state index contributed by atoms with van der Waals surface area (Å²) in [6.45, 7) is 6.55. The van der Waals surface area contributed by atoms with Crippen molar-refractivity contribution in [2.45, 2.75) is 58.1 Å². The van der Waals surface area contributed by atoms with Crippen LogP contribution in [0.4, 0.5) is 4.79 Å². The maximum absolute atomic E-state index is 12.4. The summed E-state index contributed by atoms with van der Waals surface area (Å²) in [5.74, 6) is 0.805. The van der Waals surface area contributed by atoms with Crippen LogP contribution in [0.1, 0.15) is 61.9 Å². The van der Waals surface area contributed by atoms with Crippen molar-refractivity contribution in [2.75, 3.05) is 6.54 Å². The van der Waals surface area contributed by atoms with Gasteiger partial charge in [-0.25, -0.2) is 9.78 Å². The van der Waals surface area contributed by atoms with E-state index in [1.54, 1.807) is 27.9 Å². The molecule has 1 aromatic heterocycles. The van der Waals surface area contributed by atoms with Gasteiger partial charge in [-0.3, -0.25) is 0 Å². The zero-order chi connectivity index (χ0) is 17.5. The summed E-state index contributed by atoms with van der Waals surface area (Å²) in [7, 11) is 0. The number of hydrogen-bond acceptors (Lipinski definition) is 5. The predicted molar refractivity (Wildman–Crippen MR) is 95.9 cm³/mol. The zero-order valence-corrected chi connectivity index (χ0v) is 16.2. The van der Waals surface area contributed by atoms with Gasteiger partial charge in [0.2, 0.25) is 5.88 Å². The second-order valence-electron chi connectivity index (χ2n) is 7.25. The standard InChI is InChI=1S/C17H20IN3O3/c1-17(2,3)23-16(22)21-7-6-11-12(8-19)15(24-18)20-14(10-4-5-10)13(11)9-21/h10H,4-7,9H2,1-3H3. The third-order valence-corrected chi connectivity index (χ3v) is 4.61. The van der Waals surface area contributed by atoms with Crippen molar-refractivity contribution in [3.8, 4) is 11.9 Å². The molecule has 0 unspecified atom stereocenters. The lowest BCUT2D eigenvalue weighted by atomic mass is 9.93. The highest BCUT2D eigenvalue weighted by Gasteiger charge is 2.35. The zero-order valence-electron chi connectivity index (χ0n) is 14.1. The van der Waals surface area contributed by atoms with Crippen LogP contribution in [-0.4, -0.2) is 28.1 Å². The first kappa shape index (κ1) is 17.3. The van der Waals surface area contributed by atoms with Gasteiger partial charge >= 0.3 is 6.09 Å². The van der Waals surface area contributed by atoms with Gasteiger partial charge in [-0.2, -0.15) is 5.26 Å². The Morgan fingerprint density at radius 2 is 2.08 bits per heavy atom. The number of carbonyl (C=O) groups excluding carboxylic acids is 1. The molecule has 6 nitrogen and oxygen atoms in total. The van der Waals surface area contributed by atoms with Crippen molar-refractivity contribution in [2.24, 2.45) is 0 Å². The van der Waals surface area contributed by atoms with Crippen molar-refractivity contribution in [3.63, 3.8) is 0 Å². The molecule has 1 aliphatic carbocycles. The molecule has 24 heavy (non-hydrogen) atoms. The number of amides is 1. The third kappa shape index (κ3) is 3.43. The summed E-state index contributed by atoms with van der Waals surface area (Å²) in [5.41, 5.74) is 2.92. The Hall–Kier alpha value is -1.56. The van der Waals surface area contributed by atoms with Crippen LogP contribution in [0, 0.1) is 11.3 Å². The summed E-state index contributed by atoms with van der Waals surface area (Å²) in [4.78, 5) is 18.7. The molecule has 1 aliphatic heterocycles. The van der Waals surface area contributed by atoms with Gasteiger partial charge < -0.3 is 12.7 Å². The molecule has 0 aromatic carbocycles. The molecule has 1 saturated carbocycles. The smallest absolute Gasteiger partial charge is 0.410 e. The van der Waals surface area contributed by atoms with Crippen LogP contribution in [0.2, 0.25) is 0 Å². The van der Waals surface area contributed by atoms with Crippen LogP contribution in [-0.2, 0) is 17.7 Å². The van der Waals surface area contributed by atoms with Gasteiger partial charge in [-0.1, -0.05) is 0 Å². The number of carbonyl (C=O) groups is 1. The minimum Gasteiger partial charge on any atom is -0.444 e. The van der Waals surface area contributed by atoms with E-state index in [0.717, 1.165) is 29.7 Å². The Balaban J connectivity index is 1.96. The molecule has 2 aliphatic rings. The fraction of sp³-hybridized carbons (Fsp3) is 0.588. The molecule has 7 heteroatoms. The Morgan fingerprint density at radius 3 is 2.62 bits per heavy atom. The van der Waals surface area contributed by atoms with Crippen LogP contribution in [0.25, 0.3) is 0 Å². The minimum atomic E-state index is -0.522. The van der Waals surface area contributed by atoms with E-state index < -0.39 is 5.60 Å². The van der Waals surface area contributed by atoms with Gasteiger partial charge in [0, 0.05) is 12.5 Å². The number of aromatic nitrogens is 1. The number of halogens is 1. The lowest BCUT2D eigenvalue weighted by molar-refractivity contribution is 0.0223. The van der Waals surface area contributed by atoms with Gasteiger partial charge in [0.1, 0.15) is 17.2 Å². The summed E-state index contributed by atoms with van der Waals surface area (Å²) in [6, 6.07) is 2.22. The van der Waals surface area contributed by atoms with E-state index in [2.05, 4.69) is 11.1 Å². The van der Waals surface area contributed by atoms with Crippen LogP contribution in [0.5, 0.6) is 5.88 Å². The first-order valence-electron chi connectivity index (χ1n) is 8.06. The molecule has 0 N–H and O–H groups in total. The molecule has 0 spiro atoms. The van der Waals surface area contributed by atoms with Crippen molar-refractivity contribution in [3.05, 3.63) is 22.4 Å². The number of nitriles is 1. The second kappa shape index (κ2) is 6.39. The number of rotatable bonds is 2. The topological polar surface area (TPSA) is 75.5 Å². The van der Waals surface area contributed by atoms with E-state index in [4.69, 9.17) is 7.80 Å². The van der Waals surface area contributed by atoms with Crippen LogP contribution in [0.15, 0.2) is 0 Å². The molecule has 0 radical (unpaired) electrons. The SMILES string of the molecule is CC(C)(C)OC(=O)N1CCc2c(C#N)c(OI)nc(C3CC3)c2C1. The highest BCUT2D eigenvalue weighted by Crippen LogP contribution is 2.44. The first-order chi connectivity index (χ1) is 11.3. The van der Waals surface area contributed by atoms with Crippen LogP contribution < -0.4 is 3.07 Å². The highest BCUT2D eigenvalue weighted by atomic mass is 127. The van der Waals surface area contributed by atoms with Gasteiger partial charge in [-0.05, 0) is 51.2 Å². The predicted octanol–water partition coefficient (Wildman–Crippen LogP) is 3.85. The van der Waals surface area contributed by atoms with Crippen molar-refractivity contribution >= 4 is 29.1 Å². The van der Waals surface area contributed by atoms with E-state index in [1.165, 1.54) is 0 Å². The number of hydrogen-bond donors (Lipinski definition) is 0. The van der Waals surface area contributed by atoms with Gasteiger partial charge in [0.05, 0.1) is 12.2 Å². The largest absolute Gasteiger partial charge is 0.444 e. The second-order valence-corrected chi connectivity index (χ2v) is 7.69. The van der Waals surface area contributed by atoms with Crippen LogP contribution >= 0.6 is 23.0 Å². The quantitative estimate of drug-likeness (QED) is 0.652. The summed E-state index contributed by atoms with van der Waals surface area (Å²) < 4.78 is 10.8. The summed E-state index contributed by atoms with van der Waals surface area (Å²) >= 11 is 1.77. The molecular formula is C17H20IN3O3. The summed E-state index contributed by atoms with van der Waals surface area (Å²) in [5, 5.41) is 9.50. The van der Waals surface area contributed by atoms with Gasteiger partial charge in [0.15, 0.2) is 23.0 Å². The van der Waals surface area contributed by atoms with E-state index in [9.17, 15) is 10.1 Å². The maximum atomic E-state index is 12.4. The average Bonchev–Trinajstić information content (AvgIpc) is 3.35. The van der Waals surface area contributed by atoms with Crippen molar-refractivity contribution in [1.29, 1.82) is 5.26 Å². The maximum Gasteiger partial charge on any atom is 0.410 e. The lowest BCUT2D eigenvalue weighted by Gasteiger charge is -2.32. The molecule has 0 saturated heterocycles. The van der Waals surface area contributed by atoms with Gasteiger partial charge in [-0.15, -0.1) is 0 Å². The molecule has 1 amide bonds.